The van der Waals surface area contributed by atoms with Gasteiger partial charge < -0.3 is 10.1 Å². The number of carbonyl (C=O) groups excluding carboxylic acids is 2. The predicted octanol–water partition coefficient (Wildman–Crippen LogP) is 0.835. The first-order chi connectivity index (χ1) is 6.56. The lowest BCUT2D eigenvalue weighted by Crippen LogP contribution is -2.33. The Bertz CT molecular complexity index is 281. The molecule has 1 aliphatic rings. The molecule has 78 valence electrons. The molecule has 1 heterocycles. The van der Waals surface area contributed by atoms with Crippen LogP contribution in [0.25, 0.3) is 0 Å². The van der Waals surface area contributed by atoms with Crippen molar-refractivity contribution in [3.8, 4) is 0 Å². The number of methoxy groups -OCH3 is 1. The van der Waals surface area contributed by atoms with Gasteiger partial charge in [0, 0.05) is 18.5 Å². The lowest BCUT2D eigenvalue weighted by Gasteiger charge is -2.25. The van der Waals surface area contributed by atoms with Crippen LogP contribution in [0.1, 0.15) is 20.3 Å². The smallest absolute Gasteiger partial charge is 0.335 e. The average Bonchev–Trinajstić information content (AvgIpc) is 2.16. The van der Waals surface area contributed by atoms with E-state index in [1.54, 1.807) is 0 Å². The number of carbonyl (C=O) groups is 2. The second-order valence-corrected chi connectivity index (χ2v) is 3.71. The monoisotopic (exact) mass is 197 g/mol. The van der Waals surface area contributed by atoms with Gasteiger partial charge in [-0.3, -0.25) is 4.79 Å². The van der Waals surface area contributed by atoms with Crippen LogP contribution in [-0.4, -0.2) is 19.0 Å². The molecule has 0 radical (unpaired) electrons. The molecule has 0 aromatic rings. The van der Waals surface area contributed by atoms with Crippen molar-refractivity contribution in [3.63, 3.8) is 0 Å². The lowest BCUT2D eigenvalue weighted by molar-refractivity contribution is -0.137. The van der Waals surface area contributed by atoms with Gasteiger partial charge in [-0.15, -0.1) is 0 Å². The molecule has 0 saturated heterocycles. The van der Waals surface area contributed by atoms with E-state index in [1.807, 2.05) is 13.8 Å². The van der Waals surface area contributed by atoms with Crippen molar-refractivity contribution in [2.75, 3.05) is 7.11 Å². The van der Waals surface area contributed by atoms with Crippen molar-refractivity contribution in [3.05, 3.63) is 11.8 Å². The molecule has 1 rings (SSSR count). The summed E-state index contributed by atoms with van der Waals surface area (Å²) in [5.74, 6) is -0.178. The Hall–Kier alpha value is -1.32. The van der Waals surface area contributed by atoms with Crippen LogP contribution < -0.4 is 5.32 Å². The average molecular weight is 197 g/mol. The lowest BCUT2D eigenvalue weighted by atomic mass is 9.84. The van der Waals surface area contributed by atoms with Gasteiger partial charge >= 0.3 is 5.97 Å². The van der Waals surface area contributed by atoms with E-state index in [0.717, 1.165) is 0 Å². The van der Waals surface area contributed by atoms with Gasteiger partial charge in [0.1, 0.15) is 0 Å². The van der Waals surface area contributed by atoms with Crippen molar-refractivity contribution < 1.29 is 14.3 Å². The van der Waals surface area contributed by atoms with Crippen LogP contribution in [0.15, 0.2) is 11.8 Å². The van der Waals surface area contributed by atoms with Crippen molar-refractivity contribution in [1.29, 1.82) is 0 Å². The largest absolute Gasteiger partial charge is 0.466 e. The molecular formula is C10H15NO3. The summed E-state index contributed by atoms with van der Waals surface area (Å²) < 4.78 is 4.65. The Balaban J connectivity index is 2.89. The van der Waals surface area contributed by atoms with Crippen LogP contribution in [-0.2, 0) is 14.3 Å². The zero-order valence-corrected chi connectivity index (χ0v) is 8.66. The van der Waals surface area contributed by atoms with Crippen LogP contribution in [0.4, 0.5) is 0 Å². The van der Waals surface area contributed by atoms with Crippen LogP contribution >= 0.6 is 0 Å². The standard InChI is InChI=1S/C10H15NO3/c1-6(2)7-4-9(12)11-5-8(7)10(13)14-3/h5-7H,4H2,1-3H3,(H,11,12). The van der Waals surface area contributed by atoms with Crippen molar-refractivity contribution >= 4 is 11.9 Å². The minimum absolute atomic E-state index is 0.0313. The number of hydrogen-bond acceptors (Lipinski definition) is 3. The Morgan fingerprint density at radius 2 is 2.29 bits per heavy atom. The van der Waals surface area contributed by atoms with Gasteiger partial charge in [-0.1, -0.05) is 13.8 Å². The molecule has 1 aliphatic heterocycles. The topological polar surface area (TPSA) is 55.4 Å². The molecular weight excluding hydrogens is 182 g/mol. The number of nitrogens with one attached hydrogen (secondary N) is 1. The highest BCUT2D eigenvalue weighted by Crippen LogP contribution is 2.26. The van der Waals surface area contributed by atoms with Crippen LogP contribution in [0, 0.1) is 11.8 Å². The normalized spacial score (nSPS) is 21.6. The molecule has 0 spiro atoms. The van der Waals surface area contributed by atoms with Gasteiger partial charge in [-0.05, 0) is 5.92 Å². The summed E-state index contributed by atoms with van der Waals surface area (Å²) in [6.45, 7) is 3.97. The zero-order chi connectivity index (χ0) is 10.7. The summed E-state index contributed by atoms with van der Waals surface area (Å²) in [5, 5.41) is 2.53. The first-order valence-corrected chi connectivity index (χ1v) is 4.64. The molecule has 0 fully saturated rings. The summed E-state index contributed by atoms with van der Waals surface area (Å²) in [4.78, 5) is 22.5. The predicted molar refractivity (Wildman–Crippen MR) is 51.2 cm³/mol. The van der Waals surface area contributed by atoms with E-state index in [0.29, 0.717) is 12.0 Å². The van der Waals surface area contributed by atoms with Crippen LogP contribution in [0.3, 0.4) is 0 Å². The van der Waals surface area contributed by atoms with E-state index < -0.39 is 0 Å². The second-order valence-electron chi connectivity index (χ2n) is 3.71. The quantitative estimate of drug-likeness (QED) is 0.667. The van der Waals surface area contributed by atoms with E-state index in [2.05, 4.69) is 10.1 Å². The van der Waals surface area contributed by atoms with Gasteiger partial charge in [-0.25, -0.2) is 4.79 Å². The van der Waals surface area contributed by atoms with E-state index in [-0.39, 0.29) is 23.7 Å². The third-order valence-electron chi connectivity index (χ3n) is 2.42. The molecule has 0 saturated carbocycles. The summed E-state index contributed by atoms with van der Waals surface area (Å²) >= 11 is 0. The minimum atomic E-state index is -0.358. The highest BCUT2D eigenvalue weighted by molar-refractivity contribution is 5.92. The molecule has 1 atom stereocenters. The molecule has 4 heteroatoms. The van der Waals surface area contributed by atoms with E-state index >= 15 is 0 Å². The van der Waals surface area contributed by atoms with Gasteiger partial charge in [0.25, 0.3) is 0 Å². The minimum Gasteiger partial charge on any atom is -0.466 e. The molecule has 1 amide bonds. The Morgan fingerprint density at radius 1 is 1.64 bits per heavy atom. The van der Waals surface area contributed by atoms with Crippen molar-refractivity contribution in [2.45, 2.75) is 20.3 Å². The third kappa shape index (κ3) is 2.13. The highest BCUT2D eigenvalue weighted by atomic mass is 16.5. The van der Waals surface area contributed by atoms with Gasteiger partial charge in [-0.2, -0.15) is 0 Å². The molecule has 1 N–H and O–H groups in total. The van der Waals surface area contributed by atoms with Crippen molar-refractivity contribution in [2.24, 2.45) is 11.8 Å². The van der Waals surface area contributed by atoms with E-state index in [9.17, 15) is 9.59 Å². The summed E-state index contributed by atoms with van der Waals surface area (Å²) in [6, 6.07) is 0. The van der Waals surface area contributed by atoms with Crippen LogP contribution in [0.5, 0.6) is 0 Å². The SMILES string of the molecule is COC(=O)C1=CNC(=O)CC1C(C)C. The third-order valence-corrected chi connectivity index (χ3v) is 2.42. The fraction of sp³-hybridized carbons (Fsp3) is 0.600. The van der Waals surface area contributed by atoms with Gasteiger partial charge in [0.15, 0.2) is 0 Å². The number of rotatable bonds is 2. The first kappa shape index (κ1) is 10.8. The van der Waals surface area contributed by atoms with Gasteiger partial charge in [0.05, 0.1) is 12.7 Å². The van der Waals surface area contributed by atoms with Crippen LogP contribution in [0.2, 0.25) is 0 Å². The molecule has 0 bridgehead atoms. The molecule has 0 aromatic carbocycles. The maximum Gasteiger partial charge on any atom is 0.335 e. The maximum absolute atomic E-state index is 11.3. The molecule has 0 aliphatic carbocycles. The fourth-order valence-corrected chi connectivity index (χ4v) is 1.56. The first-order valence-electron chi connectivity index (χ1n) is 4.64. The summed E-state index contributed by atoms with van der Waals surface area (Å²) in [7, 11) is 1.34. The number of amides is 1. The summed E-state index contributed by atoms with van der Waals surface area (Å²) in [6.07, 6.45) is 1.82. The van der Waals surface area contributed by atoms with E-state index in [4.69, 9.17) is 0 Å². The fourth-order valence-electron chi connectivity index (χ4n) is 1.56. The molecule has 4 nitrogen and oxygen atoms in total. The Morgan fingerprint density at radius 3 is 2.79 bits per heavy atom. The Kier molecular flexibility index (Phi) is 3.28. The number of ether oxygens (including phenoxy) is 1. The van der Waals surface area contributed by atoms with Crippen molar-refractivity contribution in [1.82, 2.24) is 5.32 Å². The number of esters is 1. The summed E-state index contributed by atoms with van der Waals surface area (Å²) in [5.41, 5.74) is 0.558. The number of hydrogen-bond donors (Lipinski definition) is 1. The van der Waals surface area contributed by atoms with E-state index in [1.165, 1.54) is 13.3 Å². The molecule has 1 unspecified atom stereocenters. The zero-order valence-electron chi connectivity index (χ0n) is 8.66. The second kappa shape index (κ2) is 4.26. The highest BCUT2D eigenvalue weighted by Gasteiger charge is 2.29. The molecule has 0 aromatic heterocycles. The Labute approximate surface area is 83.3 Å². The molecule has 14 heavy (non-hydrogen) atoms. The van der Waals surface area contributed by atoms with Gasteiger partial charge in [0.2, 0.25) is 5.91 Å². The maximum atomic E-state index is 11.3.